The smallest absolute Gasteiger partial charge is 0.433 e. The second-order valence-corrected chi connectivity index (χ2v) is 4.72. The number of esters is 1. The maximum Gasteiger partial charge on any atom is 0.433 e. The molecule has 0 unspecified atom stereocenters. The summed E-state index contributed by atoms with van der Waals surface area (Å²) in [6, 6.07) is 0.894. The van der Waals surface area contributed by atoms with E-state index in [1.807, 2.05) is 0 Å². The van der Waals surface area contributed by atoms with Gasteiger partial charge in [-0.25, -0.2) is 19.7 Å². The van der Waals surface area contributed by atoms with Gasteiger partial charge >= 0.3 is 12.1 Å². The number of aryl methyl sites for hydroxylation is 3. The topological polar surface area (TPSA) is 69.9 Å². The molecule has 0 aliphatic rings. The van der Waals surface area contributed by atoms with Gasteiger partial charge in [-0.05, 0) is 19.9 Å². The van der Waals surface area contributed by atoms with E-state index in [1.165, 1.54) is 17.7 Å². The van der Waals surface area contributed by atoms with Crippen LogP contribution in [0, 0.1) is 6.92 Å². The van der Waals surface area contributed by atoms with Crippen molar-refractivity contribution in [3.8, 4) is 0 Å². The number of carbonyl (C=O) groups excluding carboxylic acids is 1. The quantitative estimate of drug-likeness (QED) is 0.789. The number of alkyl halides is 3. The molecule has 0 bridgehead atoms. The molecule has 2 rings (SSSR count). The molecule has 0 saturated heterocycles. The second kappa shape index (κ2) is 6.76. The second-order valence-electron chi connectivity index (χ2n) is 4.72. The van der Waals surface area contributed by atoms with E-state index in [0.717, 1.165) is 6.07 Å². The van der Waals surface area contributed by atoms with Crippen LogP contribution in [0.1, 0.15) is 34.8 Å². The minimum absolute atomic E-state index is 0.0563. The predicted octanol–water partition coefficient (Wildman–Crippen LogP) is 2.42. The zero-order valence-electron chi connectivity index (χ0n) is 12.6. The summed E-state index contributed by atoms with van der Waals surface area (Å²) in [6.07, 6.45) is -1.42. The molecule has 9 heteroatoms. The van der Waals surface area contributed by atoms with Gasteiger partial charge in [0.05, 0.1) is 6.61 Å². The van der Waals surface area contributed by atoms with E-state index >= 15 is 0 Å². The van der Waals surface area contributed by atoms with Crippen LogP contribution in [0.5, 0.6) is 0 Å². The lowest BCUT2D eigenvalue weighted by Crippen LogP contribution is -2.16. The summed E-state index contributed by atoms with van der Waals surface area (Å²) in [5, 5.41) is 0. The summed E-state index contributed by atoms with van der Waals surface area (Å²) >= 11 is 0. The van der Waals surface area contributed by atoms with Crippen LogP contribution in [0.15, 0.2) is 18.5 Å². The highest BCUT2D eigenvalue weighted by molar-refractivity contribution is 5.85. The molecule has 2 aromatic heterocycles. The highest BCUT2D eigenvalue weighted by Crippen LogP contribution is 2.27. The molecule has 0 aromatic carbocycles. The predicted molar refractivity (Wildman–Crippen MR) is 73.7 cm³/mol. The number of aromatic nitrogens is 4. The molecule has 0 saturated carbocycles. The molecule has 0 N–H and O–H groups in total. The Labute approximate surface area is 130 Å². The Morgan fingerprint density at radius 3 is 2.74 bits per heavy atom. The average Bonchev–Trinajstić information content (AvgIpc) is 2.92. The SMILES string of the molecule is CCOC(=O)c1nccn1CCc1nc(C)cc(C(F)(F)F)n1. The highest BCUT2D eigenvalue weighted by atomic mass is 19.4. The lowest BCUT2D eigenvalue weighted by atomic mass is 10.3. The van der Waals surface area contributed by atoms with Gasteiger partial charge in [-0.3, -0.25) is 0 Å². The molecular weight excluding hydrogens is 313 g/mol. The van der Waals surface area contributed by atoms with Gasteiger partial charge in [-0.15, -0.1) is 0 Å². The van der Waals surface area contributed by atoms with Gasteiger partial charge in [0.2, 0.25) is 5.82 Å². The van der Waals surface area contributed by atoms with Crippen LogP contribution in [-0.2, 0) is 23.9 Å². The number of halogens is 3. The van der Waals surface area contributed by atoms with Crippen molar-refractivity contribution in [2.75, 3.05) is 6.61 Å². The summed E-state index contributed by atoms with van der Waals surface area (Å²) in [7, 11) is 0. The van der Waals surface area contributed by atoms with Crippen molar-refractivity contribution in [2.24, 2.45) is 0 Å². The van der Waals surface area contributed by atoms with E-state index in [0.29, 0.717) is 0 Å². The van der Waals surface area contributed by atoms with E-state index in [-0.39, 0.29) is 36.9 Å². The van der Waals surface area contributed by atoms with Crippen LogP contribution in [0.2, 0.25) is 0 Å². The molecule has 124 valence electrons. The molecule has 2 heterocycles. The first-order valence-corrected chi connectivity index (χ1v) is 6.91. The Hall–Kier alpha value is -2.45. The third-order valence-corrected chi connectivity index (χ3v) is 2.94. The minimum atomic E-state index is -4.52. The first-order chi connectivity index (χ1) is 10.8. The maximum absolute atomic E-state index is 12.7. The van der Waals surface area contributed by atoms with Crippen molar-refractivity contribution in [1.82, 2.24) is 19.5 Å². The monoisotopic (exact) mass is 328 g/mol. The molecular formula is C14H15F3N4O2. The average molecular weight is 328 g/mol. The van der Waals surface area contributed by atoms with E-state index in [1.54, 1.807) is 13.1 Å². The maximum atomic E-state index is 12.7. The molecule has 0 radical (unpaired) electrons. The van der Waals surface area contributed by atoms with Crippen LogP contribution in [0.25, 0.3) is 0 Å². The van der Waals surface area contributed by atoms with Gasteiger partial charge in [0.15, 0.2) is 0 Å². The Morgan fingerprint density at radius 2 is 2.09 bits per heavy atom. The van der Waals surface area contributed by atoms with Crippen molar-refractivity contribution >= 4 is 5.97 Å². The van der Waals surface area contributed by atoms with Gasteiger partial charge in [-0.1, -0.05) is 0 Å². The summed E-state index contributed by atoms with van der Waals surface area (Å²) in [5.41, 5.74) is -0.741. The zero-order chi connectivity index (χ0) is 17.0. The van der Waals surface area contributed by atoms with Crippen molar-refractivity contribution in [2.45, 2.75) is 33.0 Å². The van der Waals surface area contributed by atoms with E-state index in [9.17, 15) is 18.0 Å². The lowest BCUT2D eigenvalue weighted by Gasteiger charge is -2.10. The molecule has 2 aromatic rings. The number of hydrogen-bond donors (Lipinski definition) is 0. The number of imidazole rings is 1. The normalized spacial score (nSPS) is 11.5. The minimum Gasteiger partial charge on any atom is -0.460 e. The third-order valence-electron chi connectivity index (χ3n) is 2.94. The van der Waals surface area contributed by atoms with Gasteiger partial charge in [-0.2, -0.15) is 13.2 Å². The molecule has 23 heavy (non-hydrogen) atoms. The van der Waals surface area contributed by atoms with Gasteiger partial charge in [0.1, 0.15) is 11.5 Å². The first-order valence-electron chi connectivity index (χ1n) is 6.91. The van der Waals surface area contributed by atoms with Crippen molar-refractivity contribution < 1.29 is 22.7 Å². The van der Waals surface area contributed by atoms with Crippen LogP contribution < -0.4 is 0 Å². The van der Waals surface area contributed by atoms with E-state index in [4.69, 9.17) is 4.74 Å². The van der Waals surface area contributed by atoms with Crippen molar-refractivity contribution in [3.05, 3.63) is 41.5 Å². The highest BCUT2D eigenvalue weighted by Gasteiger charge is 2.33. The Morgan fingerprint density at radius 1 is 1.35 bits per heavy atom. The molecule has 0 spiro atoms. The Kier molecular flexibility index (Phi) is 4.97. The summed E-state index contributed by atoms with van der Waals surface area (Å²) in [5.74, 6) is -0.435. The summed E-state index contributed by atoms with van der Waals surface area (Å²) in [4.78, 5) is 23.1. The largest absolute Gasteiger partial charge is 0.460 e. The van der Waals surface area contributed by atoms with E-state index in [2.05, 4.69) is 15.0 Å². The molecule has 6 nitrogen and oxygen atoms in total. The van der Waals surface area contributed by atoms with Crippen LogP contribution in [-0.4, -0.2) is 32.1 Å². The molecule has 0 aliphatic heterocycles. The van der Waals surface area contributed by atoms with E-state index < -0.39 is 17.8 Å². The fourth-order valence-electron chi connectivity index (χ4n) is 1.98. The number of hydrogen-bond acceptors (Lipinski definition) is 5. The van der Waals surface area contributed by atoms with Gasteiger partial charge in [0.25, 0.3) is 0 Å². The number of nitrogens with zero attached hydrogens (tertiary/aromatic N) is 4. The molecule has 0 aliphatic carbocycles. The standard InChI is InChI=1S/C14H15F3N4O2/c1-3-23-13(22)12-18-5-7-21(12)6-4-11-19-9(2)8-10(20-11)14(15,16)17/h5,7-8H,3-4,6H2,1-2H3. The molecule has 0 atom stereocenters. The molecule has 0 amide bonds. The van der Waals surface area contributed by atoms with Crippen LogP contribution >= 0.6 is 0 Å². The fourth-order valence-corrected chi connectivity index (χ4v) is 1.98. The summed E-state index contributed by atoms with van der Waals surface area (Å²) in [6.45, 7) is 3.57. The Bertz CT molecular complexity index is 698. The van der Waals surface area contributed by atoms with Gasteiger partial charge < -0.3 is 9.30 Å². The van der Waals surface area contributed by atoms with Crippen LogP contribution in [0.4, 0.5) is 13.2 Å². The van der Waals surface area contributed by atoms with Crippen LogP contribution in [0.3, 0.4) is 0 Å². The van der Waals surface area contributed by atoms with Gasteiger partial charge in [0, 0.05) is 31.1 Å². The van der Waals surface area contributed by atoms with Crippen molar-refractivity contribution in [3.63, 3.8) is 0 Å². The third kappa shape index (κ3) is 4.27. The number of ether oxygens (including phenoxy) is 1. The molecule has 0 fully saturated rings. The summed E-state index contributed by atoms with van der Waals surface area (Å²) < 4.78 is 44.6. The number of carbonyl (C=O) groups is 1. The number of rotatable bonds is 5. The zero-order valence-corrected chi connectivity index (χ0v) is 12.6. The fraction of sp³-hybridized carbons (Fsp3) is 0.429. The lowest BCUT2D eigenvalue weighted by molar-refractivity contribution is -0.141. The first kappa shape index (κ1) is 16.9. The Balaban J connectivity index is 2.15. The van der Waals surface area contributed by atoms with Crippen molar-refractivity contribution in [1.29, 1.82) is 0 Å².